The Morgan fingerprint density at radius 1 is 1.25 bits per heavy atom. The molecule has 124 valence electrons. The molecule has 7 heteroatoms. The second-order valence-electron chi connectivity index (χ2n) is 5.16. The number of aryl methyl sites for hydroxylation is 1. The zero-order valence-corrected chi connectivity index (χ0v) is 14.7. The van der Waals surface area contributed by atoms with Gasteiger partial charge in [-0.1, -0.05) is 29.4 Å². The highest BCUT2D eigenvalue weighted by atomic mass is 35.5. The minimum absolute atomic E-state index is 0.293. The van der Waals surface area contributed by atoms with Crippen LogP contribution in [-0.4, -0.2) is 21.9 Å². The van der Waals surface area contributed by atoms with Crippen molar-refractivity contribution in [3.05, 3.63) is 64.7 Å². The molecule has 0 aliphatic heterocycles. The van der Waals surface area contributed by atoms with Crippen LogP contribution in [0.2, 0.25) is 5.02 Å². The SMILES string of the molecule is COc1ccc(F)cc1CSc1nncn1-c1ccc(C)c(Cl)c1. The highest BCUT2D eigenvalue weighted by molar-refractivity contribution is 7.98. The Kier molecular flexibility index (Phi) is 5.06. The number of hydrogen-bond acceptors (Lipinski definition) is 4. The van der Waals surface area contributed by atoms with Gasteiger partial charge in [0.05, 0.1) is 12.8 Å². The van der Waals surface area contributed by atoms with Gasteiger partial charge in [0.15, 0.2) is 5.16 Å². The first-order chi connectivity index (χ1) is 11.6. The number of nitrogens with zero attached hydrogens (tertiary/aromatic N) is 3. The van der Waals surface area contributed by atoms with Gasteiger partial charge in [-0.3, -0.25) is 4.57 Å². The van der Waals surface area contributed by atoms with Crippen LogP contribution in [-0.2, 0) is 5.75 Å². The third-order valence-corrected chi connectivity index (χ3v) is 4.95. The largest absolute Gasteiger partial charge is 0.496 e. The van der Waals surface area contributed by atoms with Crippen molar-refractivity contribution in [1.29, 1.82) is 0 Å². The Labute approximate surface area is 148 Å². The van der Waals surface area contributed by atoms with Crippen LogP contribution in [0, 0.1) is 12.7 Å². The number of halogens is 2. The normalized spacial score (nSPS) is 10.8. The van der Waals surface area contributed by atoms with Crippen molar-refractivity contribution in [2.45, 2.75) is 17.8 Å². The molecule has 0 bridgehead atoms. The maximum atomic E-state index is 13.5. The molecule has 0 aliphatic carbocycles. The predicted octanol–water partition coefficient (Wildman–Crippen LogP) is 4.67. The molecule has 0 unspecified atom stereocenters. The Bertz CT molecular complexity index is 869. The number of rotatable bonds is 5. The van der Waals surface area contributed by atoms with Gasteiger partial charge >= 0.3 is 0 Å². The fourth-order valence-electron chi connectivity index (χ4n) is 2.23. The molecule has 0 radical (unpaired) electrons. The topological polar surface area (TPSA) is 39.9 Å². The lowest BCUT2D eigenvalue weighted by Crippen LogP contribution is -1.97. The van der Waals surface area contributed by atoms with E-state index in [4.69, 9.17) is 16.3 Å². The average Bonchev–Trinajstić information content (AvgIpc) is 3.04. The zero-order chi connectivity index (χ0) is 17.1. The van der Waals surface area contributed by atoms with Crippen molar-refractivity contribution in [2.75, 3.05) is 7.11 Å². The molecule has 3 rings (SSSR count). The fraction of sp³-hybridized carbons (Fsp3) is 0.176. The fourth-order valence-corrected chi connectivity index (χ4v) is 3.32. The minimum atomic E-state index is -0.293. The maximum Gasteiger partial charge on any atom is 0.195 e. The van der Waals surface area contributed by atoms with Crippen molar-refractivity contribution in [3.63, 3.8) is 0 Å². The number of hydrogen-bond donors (Lipinski definition) is 0. The molecule has 0 saturated heterocycles. The second kappa shape index (κ2) is 7.23. The molecular weight excluding hydrogens is 349 g/mol. The molecule has 2 aromatic carbocycles. The minimum Gasteiger partial charge on any atom is -0.496 e. The van der Waals surface area contributed by atoms with E-state index in [2.05, 4.69) is 10.2 Å². The number of aromatic nitrogens is 3. The Morgan fingerprint density at radius 2 is 2.08 bits per heavy atom. The molecule has 0 amide bonds. The molecule has 0 N–H and O–H groups in total. The zero-order valence-electron chi connectivity index (χ0n) is 13.2. The summed E-state index contributed by atoms with van der Waals surface area (Å²) in [6.45, 7) is 1.95. The summed E-state index contributed by atoms with van der Waals surface area (Å²) in [6.07, 6.45) is 1.63. The smallest absolute Gasteiger partial charge is 0.195 e. The highest BCUT2D eigenvalue weighted by Crippen LogP contribution is 2.29. The Hall–Kier alpha value is -2.05. The van der Waals surface area contributed by atoms with Crippen LogP contribution in [0.25, 0.3) is 5.69 Å². The van der Waals surface area contributed by atoms with Crippen LogP contribution in [0.5, 0.6) is 5.75 Å². The summed E-state index contributed by atoms with van der Waals surface area (Å²) < 4.78 is 20.6. The number of ether oxygens (including phenoxy) is 1. The van der Waals surface area contributed by atoms with Gasteiger partial charge in [0.2, 0.25) is 0 Å². The van der Waals surface area contributed by atoms with Gasteiger partial charge in [-0.05, 0) is 42.8 Å². The van der Waals surface area contributed by atoms with Gasteiger partial charge < -0.3 is 4.74 Å². The number of methoxy groups -OCH3 is 1. The van der Waals surface area contributed by atoms with E-state index in [-0.39, 0.29) is 5.82 Å². The summed E-state index contributed by atoms with van der Waals surface area (Å²) in [5.74, 6) is 0.866. The third-order valence-electron chi connectivity index (χ3n) is 3.55. The third kappa shape index (κ3) is 3.55. The molecule has 4 nitrogen and oxygen atoms in total. The summed E-state index contributed by atoms with van der Waals surface area (Å²) in [4.78, 5) is 0. The first-order valence-electron chi connectivity index (χ1n) is 7.20. The molecule has 0 aliphatic rings. The van der Waals surface area contributed by atoms with E-state index >= 15 is 0 Å². The molecule has 0 spiro atoms. The standard InChI is InChI=1S/C17H15ClFN3OS/c1-11-3-5-14(8-15(11)18)22-10-20-21-17(22)24-9-12-7-13(19)4-6-16(12)23-2/h3-8,10H,9H2,1-2H3. The molecule has 24 heavy (non-hydrogen) atoms. The van der Waals surface area contributed by atoms with Gasteiger partial charge in [-0.15, -0.1) is 10.2 Å². The first kappa shape index (κ1) is 16.8. The molecule has 1 heterocycles. The Balaban J connectivity index is 1.84. The van der Waals surface area contributed by atoms with Crippen molar-refractivity contribution < 1.29 is 9.13 Å². The van der Waals surface area contributed by atoms with E-state index in [0.29, 0.717) is 21.7 Å². The van der Waals surface area contributed by atoms with Crippen LogP contribution >= 0.6 is 23.4 Å². The van der Waals surface area contributed by atoms with E-state index in [9.17, 15) is 4.39 Å². The lowest BCUT2D eigenvalue weighted by Gasteiger charge is -2.10. The molecule has 1 aromatic heterocycles. The van der Waals surface area contributed by atoms with Gasteiger partial charge in [-0.2, -0.15) is 0 Å². The average molecular weight is 364 g/mol. The van der Waals surface area contributed by atoms with Crippen molar-refractivity contribution >= 4 is 23.4 Å². The Morgan fingerprint density at radius 3 is 2.83 bits per heavy atom. The van der Waals surface area contributed by atoms with Gasteiger partial charge in [0, 0.05) is 16.3 Å². The lowest BCUT2D eigenvalue weighted by atomic mass is 10.2. The van der Waals surface area contributed by atoms with Crippen LogP contribution in [0.4, 0.5) is 4.39 Å². The summed E-state index contributed by atoms with van der Waals surface area (Å²) in [6, 6.07) is 10.2. The summed E-state index contributed by atoms with van der Waals surface area (Å²) >= 11 is 7.64. The van der Waals surface area contributed by atoms with Gasteiger partial charge in [0.1, 0.15) is 17.9 Å². The highest BCUT2D eigenvalue weighted by Gasteiger charge is 2.11. The van der Waals surface area contributed by atoms with Crippen molar-refractivity contribution in [3.8, 4) is 11.4 Å². The van der Waals surface area contributed by atoms with E-state index < -0.39 is 0 Å². The summed E-state index contributed by atoms with van der Waals surface area (Å²) in [5, 5.41) is 9.48. The van der Waals surface area contributed by atoms with Crippen molar-refractivity contribution in [2.24, 2.45) is 0 Å². The van der Waals surface area contributed by atoms with E-state index in [1.165, 1.54) is 23.9 Å². The summed E-state index contributed by atoms with van der Waals surface area (Å²) in [7, 11) is 1.57. The van der Waals surface area contributed by atoms with Gasteiger partial charge in [0.25, 0.3) is 0 Å². The van der Waals surface area contributed by atoms with Crippen molar-refractivity contribution in [1.82, 2.24) is 14.8 Å². The molecule has 0 saturated carbocycles. The molecule has 0 atom stereocenters. The quantitative estimate of drug-likeness (QED) is 0.617. The lowest BCUT2D eigenvalue weighted by molar-refractivity contribution is 0.410. The molecule has 0 fully saturated rings. The number of thioether (sulfide) groups is 1. The van der Waals surface area contributed by atoms with E-state index in [1.54, 1.807) is 19.5 Å². The summed E-state index contributed by atoms with van der Waals surface area (Å²) in [5.41, 5.74) is 2.65. The van der Waals surface area contributed by atoms with Crippen LogP contribution in [0.15, 0.2) is 47.9 Å². The van der Waals surface area contributed by atoms with Crippen LogP contribution in [0.1, 0.15) is 11.1 Å². The maximum absolute atomic E-state index is 13.5. The predicted molar refractivity (Wildman–Crippen MR) is 93.6 cm³/mol. The second-order valence-corrected chi connectivity index (χ2v) is 6.51. The van der Waals surface area contributed by atoms with Gasteiger partial charge in [-0.25, -0.2) is 4.39 Å². The van der Waals surface area contributed by atoms with E-state index in [0.717, 1.165) is 16.8 Å². The first-order valence-corrected chi connectivity index (χ1v) is 8.56. The molecule has 3 aromatic rings. The van der Waals surface area contributed by atoms with E-state index in [1.807, 2.05) is 29.7 Å². The van der Waals surface area contributed by atoms with Crippen LogP contribution in [0.3, 0.4) is 0 Å². The molecular formula is C17H15ClFN3OS. The number of benzene rings is 2. The van der Waals surface area contributed by atoms with Crippen LogP contribution < -0.4 is 4.74 Å². The monoisotopic (exact) mass is 363 g/mol.